The van der Waals surface area contributed by atoms with Crippen molar-refractivity contribution in [3.63, 3.8) is 0 Å². The fourth-order valence-electron chi connectivity index (χ4n) is 3.15. The number of rotatable bonds is 2. The van der Waals surface area contributed by atoms with Crippen molar-refractivity contribution in [2.45, 2.75) is 57.5 Å². The van der Waals surface area contributed by atoms with Gasteiger partial charge in [0.1, 0.15) is 0 Å². The van der Waals surface area contributed by atoms with Crippen LogP contribution in [0.3, 0.4) is 0 Å². The van der Waals surface area contributed by atoms with Crippen molar-refractivity contribution < 1.29 is 0 Å². The van der Waals surface area contributed by atoms with Crippen LogP contribution in [0.1, 0.15) is 45.4 Å². The summed E-state index contributed by atoms with van der Waals surface area (Å²) in [6.45, 7) is 4.83. The second-order valence-electron chi connectivity index (χ2n) is 5.18. The van der Waals surface area contributed by atoms with E-state index < -0.39 is 0 Å². The summed E-state index contributed by atoms with van der Waals surface area (Å²) in [4.78, 5) is 2.63. The van der Waals surface area contributed by atoms with Crippen molar-refractivity contribution in [1.29, 1.82) is 0 Å². The van der Waals surface area contributed by atoms with E-state index in [0.29, 0.717) is 6.04 Å². The van der Waals surface area contributed by atoms with Crippen molar-refractivity contribution in [3.8, 4) is 0 Å². The highest BCUT2D eigenvalue weighted by molar-refractivity contribution is 4.84. The van der Waals surface area contributed by atoms with Gasteiger partial charge in [-0.15, -0.1) is 0 Å². The average molecular weight is 196 g/mol. The molecule has 1 saturated carbocycles. The molecule has 2 nitrogen and oxygen atoms in total. The summed E-state index contributed by atoms with van der Waals surface area (Å²) < 4.78 is 0. The lowest BCUT2D eigenvalue weighted by molar-refractivity contribution is 0.119. The Hall–Kier alpha value is -0.0800. The molecule has 0 aromatic carbocycles. The number of hydrogen-bond donors (Lipinski definition) is 1. The molecular weight excluding hydrogens is 172 g/mol. The van der Waals surface area contributed by atoms with E-state index in [1.165, 1.54) is 45.1 Å². The molecule has 2 N–H and O–H groups in total. The van der Waals surface area contributed by atoms with Crippen molar-refractivity contribution in [2.24, 2.45) is 11.7 Å². The quantitative estimate of drug-likeness (QED) is 0.732. The zero-order chi connectivity index (χ0) is 9.97. The highest BCUT2D eigenvalue weighted by Crippen LogP contribution is 2.31. The number of nitrogens with two attached hydrogens (primary N) is 1. The Labute approximate surface area is 87.8 Å². The molecule has 2 heteroatoms. The van der Waals surface area contributed by atoms with E-state index in [-0.39, 0.29) is 0 Å². The average Bonchev–Trinajstić information content (AvgIpc) is 2.69. The van der Waals surface area contributed by atoms with Crippen LogP contribution >= 0.6 is 0 Å². The van der Waals surface area contributed by atoms with Crippen LogP contribution in [0.4, 0.5) is 0 Å². The predicted octanol–water partition coefficient (Wildman–Crippen LogP) is 1.99. The lowest BCUT2D eigenvalue weighted by Crippen LogP contribution is -2.48. The maximum Gasteiger partial charge on any atom is 0.0168 e. The molecule has 1 saturated heterocycles. The second-order valence-corrected chi connectivity index (χ2v) is 5.18. The summed E-state index contributed by atoms with van der Waals surface area (Å²) in [5, 5.41) is 0. The van der Waals surface area contributed by atoms with E-state index in [0.717, 1.165) is 18.5 Å². The molecule has 2 unspecified atom stereocenters. The first-order valence-electron chi connectivity index (χ1n) is 6.27. The van der Waals surface area contributed by atoms with Crippen molar-refractivity contribution in [3.05, 3.63) is 0 Å². The Morgan fingerprint density at radius 3 is 2.50 bits per heavy atom. The fourth-order valence-corrected chi connectivity index (χ4v) is 3.15. The molecule has 0 radical (unpaired) electrons. The SMILES string of the molecule is CC(C1CCCC1)N1CCCC(N)C1. The van der Waals surface area contributed by atoms with E-state index in [2.05, 4.69) is 11.8 Å². The van der Waals surface area contributed by atoms with Crippen LogP contribution in [0.15, 0.2) is 0 Å². The zero-order valence-corrected chi connectivity index (χ0v) is 9.41. The summed E-state index contributed by atoms with van der Waals surface area (Å²) in [5.41, 5.74) is 6.02. The summed E-state index contributed by atoms with van der Waals surface area (Å²) in [5.74, 6) is 0.959. The molecule has 0 spiro atoms. The van der Waals surface area contributed by atoms with Gasteiger partial charge in [0.25, 0.3) is 0 Å². The molecule has 0 amide bonds. The monoisotopic (exact) mass is 196 g/mol. The third kappa shape index (κ3) is 2.29. The molecular formula is C12H24N2. The molecule has 1 heterocycles. The summed E-state index contributed by atoms with van der Waals surface area (Å²) in [6.07, 6.45) is 8.34. The first-order valence-corrected chi connectivity index (χ1v) is 6.27. The van der Waals surface area contributed by atoms with E-state index in [1.807, 2.05) is 0 Å². The van der Waals surface area contributed by atoms with Crippen molar-refractivity contribution in [2.75, 3.05) is 13.1 Å². The van der Waals surface area contributed by atoms with Gasteiger partial charge in [-0.3, -0.25) is 4.90 Å². The van der Waals surface area contributed by atoms with Crippen LogP contribution < -0.4 is 5.73 Å². The molecule has 82 valence electrons. The van der Waals surface area contributed by atoms with Gasteiger partial charge in [0.15, 0.2) is 0 Å². The normalized spacial score (nSPS) is 33.4. The molecule has 0 bridgehead atoms. The lowest BCUT2D eigenvalue weighted by Gasteiger charge is -2.38. The van der Waals surface area contributed by atoms with Gasteiger partial charge in [0, 0.05) is 18.6 Å². The van der Waals surface area contributed by atoms with E-state index >= 15 is 0 Å². The maximum atomic E-state index is 6.02. The van der Waals surface area contributed by atoms with Crippen molar-refractivity contribution >= 4 is 0 Å². The molecule has 2 rings (SSSR count). The van der Waals surface area contributed by atoms with Gasteiger partial charge in [-0.25, -0.2) is 0 Å². The Balaban J connectivity index is 1.86. The topological polar surface area (TPSA) is 29.3 Å². The first kappa shape index (κ1) is 10.4. The highest BCUT2D eigenvalue weighted by atomic mass is 15.2. The van der Waals surface area contributed by atoms with Crippen LogP contribution in [0.2, 0.25) is 0 Å². The first-order chi connectivity index (χ1) is 6.77. The maximum absolute atomic E-state index is 6.02. The Morgan fingerprint density at radius 2 is 1.86 bits per heavy atom. The van der Waals surface area contributed by atoms with E-state index in [4.69, 9.17) is 5.73 Å². The molecule has 0 aromatic heterocycles. The number of likely N-dealkylation sites (tertiary alicyclic amines) is 1. The lowest BCUT2D eigenvalue weighted by atomic mass is 9.95. The molecule has 2 fully saturated rings. The van der Waals surface area contributed by atoms with Crippen LogP contribution in [-0.4, -0.2) is 30.1 Å². The molecule has 14 heavy (non-hydrogen) atoms. The molecule has 2 atom stereocenters. The molecule has 1 aliphatic heterocycles. The van der Waals surface area contributed by atoms with Crippen LogP contribution in [0, 0.1) is 5.92 Å². The second kappa shape index (κ2) is 4.63. The Bertz CT molecular complexity index is 175. The summed E-state index contributed by atoms with van der Waals surface area (Å²) >= 11 is 0. The smallest absolute Gasteiger partial charge is 0.0168 e. The zero-order valence-electron chi connectivity index (χ0n) is 9.41. The largest absolute Gasteiger partial charge is 0.327 e. The predicted molar refractivity (Wildman–Crippen MR) is 60.2 cm³/mol. The van der Waals surface area contributed by atoms with Gasteiger partial charge >= 0.3 is 0 Å². The minimum atomic E-state index is 0.438. The summed E-state index contributed by atoms with van der Waals surface area (Å²) in [7, 11) is 0. The summed E-state index contributed by atoms with van der Waals surface area (Å²) in [6, 6.07) is 1.22. The van der Waals surface area contributed by atoms with Gasteiger partial charge in [0.05, 0.1) is 0 Å². The van der Waals surface area contributed by atoms with Crippen LogP contribution in [0.25, 0.3) is 0 Å². The highest BCUT2D eigenvalue weighted by Gasteiger charge is 2.28. The van der Waals surface area contributed by atoms with Gasteiger partial charge < -0.3 is 5.73 Å². The number of nitrogens with zero attached hydrogens (tertiary/aromatic N) is 1. The van der Waals surface area contributed by atoms with Gasteiger partial charge in [0.2, 0.25) is 0 Å². The minimum Gasteiger partial charge on any atom is -0.327 e. The van der Waals surface area contributed by atoms with Crippen molar-refractivity contribution in [1.82, 2.24) is 4.90 Å². The van der Waals surface area contributed by atoms with Gasteiger partial charge in [-0.2, -0.15) is 0 Å². The van der Waals surface area contributed by atoms with Gasteiger partial charge in [-0.05, 0) is 45.1 Å². The Kier molecular flexibility index (Phi) is 3.45. The Morgan fingerprint density at radius 1 is 1.14 bits per heavy atom. The fraction of sp³-hybridized carbons (Fsp3) is 1.00. The van der Waals surface area contributed by atoms with E-state index in [9.17, 15) is 0 Å². The molecule has 2 aliphatic rings. The minimum absolute atomic E-state index is 0.438. The standard InChI is InChI=1S/C12H24N2/c1-10(11-5-2-3-6-11)14-8-4-7-12(13)9-14/h10-12H,2-9,13H2,1H3. The van der Waals surface area contributed by atoms with Gasteiger partial charge in [-0.1, -0.05) is 12.8 Å². The number of piperidine rings is 1. The third-order valence-electron chi connectivity index (χ3n) is 4.15. The third-order valence-corrected chi connectivity index (χ3v) is 4.15. The van der Waals surface area contributed by atoms with E-state index in [1.54, 1.807) is 0 Å². The van der Waals surface area contributed by atoms with Crippen LogP contribution in [0.5, 0.6) is 0 Å². The molecule has 1 aliphatic carbocycles. The molecule has 0 aromatic rings. The number of hydrogen-bond acceptors (Lipinski definition) is 2. The van der Waals surface area contributed by atoms with Crippen LogP contribution in [-0.2, 0) is 0 Å².